The van der Waals surface area contributed by atoms with Crippen molar-refractivity contribution < 1.29 is 9.53 Å². The van der Waals surface area contributed by atoms with Gasteiger partial charge in [0.25, 0.3) is 0 Å². The van der Waals surface area contributed by atoms with Gasteiger partial charge in [-0.25, -0.2) is 0 Å². The van der Waals surface area contributed by atoms with Crippen LogP contribution < -0.4 is 5.32 Å². The molecule has 0 unspecified atom stereocenters. The minimum atomic E-state index is 0.131. The summed E-state index contributed by atoms with van der Waals surface area (Å²) in [7, 11) is 0. The van der Waals surface area contributed by atoms with Crippen molar-refractivity contribution in [2.45, 2.75) is 45.6 Å². The fourth-order valence-corrected chi connectivity index (χ4v) is 2.95. The summed E-state index contributed by atoms with van der Waals surface area (Å²) in [5.41, 5.74) is 0. The van der Waals surface area contributed by atoms with Crippen molar-refractivity contribution in [1.82, 2.24) is 10.2 Å². The van der Waals surface area contributed by atoms with Crippen molar-refractivity contribution in [3.63, 3.8) is 0 Å². The number of hydrogen-bond acceptors (Lipinski definition) is 3. The molecule has 2 aliphatic heterocycles. The Hall–Kier alpha value is -0.610. The molecule has 2 heterocycles. The summed E-state index contributed by atoms with van der Waals surface area (Å²) in [6.07, 6.45) is 4.58. The second-order valence-corrected chi connectivity index (χ2v) is 6.22. The fourth-order valence-electron chi connectivity index (χ4n) is 2.95. The smallest absolute Gasteiger partial charge is 0.225 e. The molecule has 0 aliphatic carbocycles. The number of hydrogen-bond donors (Lipinski definition) is 1. The van der Waals surface area contributed by atoms with Gasteiger partial charge in [-0.3, -0.25) is 4.79 Å². The normalized spacial score (nSPS) is 23.0. The molecule has 4 nitrogen and oxygen atoms in total. The number of nitrogens with one attached hydrogen (secondary N) is 1. The molecular weight excluding hydrogens is 240 g/mol. The zero-order chi connectivity index (χ0) is 13.7. The summed E-state index contributed by atoms with van der Waals surface area (Å²) < 4.78 is 5.38. The van der Waals surface area contributed by atoms with Crippen LogP contribution in [-0.4, -0.2) is 49.7 Å². The first-order valence-electron chi connectivity index (χ1n) is 7.76. The molecular formula is C15H28N2O2. The second kappa shape index (κ2) is 7.25. The number of amides is 1. The van der Waals surface area contributed by atoms with Crippen molar-refractivity contribution in [3.05, 3.63) is 0 Å². The van der Waals surface area contributed by atoms with E-state index in [1.165, 1.54) is 12.8 Å². The molecule has 19 heavy (non-hydrogen) atoms. The highest BCUT2D eigenvalue weighted by Gasteiger charge is 2.24. The average molecular weight is 268 g/mol. The quantitative estimate of drug-likeness (QED) is 0.843. The fraction of sp³-hybridized carbons (Fsp3) is 0.933. The lowest BCUT2D eigenvalue weighted by atomic mass is 9.98. The zero-order valence-corrected chi connectivity index (χ0v) is 12.4. The van der Waals surface area contributed by atoms with Gasteiger partial charge < -0.3 is 15.0 Å². The Balaban J connectivity index is 1.64. The molecule has 0 radical (unpaired) electrons. The molecule has 1 amide bonds. The molecule has 110 valence electrons. The molecule has 0 bridgehead atoms. The van der Waals surface area contributed by atoms with Gasteiger partial charge in [0.15, 0.2) is 0 Å². The Labute approximate surface area is 116 Å². The van der Waals surface area contributed by atoms with E-state index in [9.17, 15) is 4.79 Å². The standard InChI is InChI=1S/C15H28N2O2/c1-12(2)15(18)17-7-3-14(4-8-17)16-11-13-5-9-19-10-6-13/h12-14,16H,3-11H2,1-2H3. The molecule has 2 saturated heterocycles. The molecule has 0 aromatic rings. The van der Waals surface area contributed by atoms with Gasteiger partial charge in [0.05, 0.1) is 0 Å². The van der Waals surface area contributed by atoms with Crippen LogP contribution in [0.1, 0.15) is 39.5 Å². The van der Waals surface area contributed by atoms with E-state index in [2.05, 4.69) is 5.32 Å². The molecule has 2 aliphatic rings. The van der Waals surface area contributed by atoms with Gasteiger partial charge in [-0.15, -0.1) is 0 Å². The molecule has 0 saturated carbocycles. The van der Waals surface area contributed by atoms with Crippen LogP contribution in [0.25, 0.3) is 0 Å². The summed E-state index contributed by atoms with van der Waals surface area (Å²) in [6, 6.07) is 0.596. The molecule has 2 rings (SSSR count). The number of piperidine rings is 1. The minimum Gasteiger partial charge on any atom is -0.381 e. The van der Waals surface area contributed by atoms with E-state index in [4.69, 9.17) is 4.74 Å². The third-order valence-electron chi connectivity index (χ3n) is 4.34. The molecule has 0 aromatic carbocycles. The van der Waals surface area contributed by atoms with Gasteiger partial charge in [0.1, 0.15) is 0 Å². The van der Waals surface area contributed by atoms with E-state index in [1.54, 1.807) is 0 Å². The van der Waals surface area contributed by atoms with Crippen LogP contribution >= 0.6 is 0 Å². The van der Waals surface area contributed by atoms with E-state index in [-0.39, 0.29) is 5.92 Å². The number of rotatable bonds is 4. The molecule has 0 atom stereocenters. The van der Waals surface area contributed by atoms with Crippen molar-refractivity contribution >= 4 is 5.91 Å². The first-order valence-corrected chi connectivity index (χ1v) is 7.76. The maximum absolute atomic E-state index is 11.9. The van der Waals surface area contributed by atoms with E-state index >= 15 is 0 Å². The lowest BCUT2D eigenvalue weighted by Crippen LogP contribution is -2.47. The molecule has 2 fully saturated rings. The first kappa shape index (κ1) is 14.8. The number of nitrogens with zero attached hydrogens (tertiary/aromatic N) is 1. The Kier molecular flexibility index (Phi) is 5.64. The molecule has 0 spiro atoms. The van der Waals surface area contributed by atoms with Crippen LogP contribution in [0.5, 0.6) is 0 Å². The van der Waals surface area contributed by atoms with Gasteiger partial charge in [-0.1, -0.05) is 13.8 Å². The molecule has 1 N–H and O–H groups in total. The monoisotopic (exact) mass is 268 g/mol. The van der Waals surface area contributed by atoms with Crippen LogP contribution in [0.2, 0.25) is 0 Å². The van der Waals surface area contributed by atoms with Gasteiger partial charge in [0.2, 0.25) is 5.91 Å². The third-order valence-corrected chi connectivity index (χ3v) is 4.34. The van der Waals surface area contributed by atoms with Crippen molar-refractivity contribution in [2.24, 2.45) is 11.8 Å². The van der Waals surface area contributed by atoms with E-state index in [0.29, 0.717) is 11.9 Å². The lowest BCUT2D eigenvalue weighted by molar-refractivity contribution is -0.135. The Morgan fingerprint density at radius 3 is 2.42 bits per heavy atom. The summed E-state index contributed by atoms with van der Waals surface area (Å²) in [5.74, 6) is 1.22. The van der Waals surface area contributed by atoms with Crippen LogP contribution in [0, 0.1) is 11.8 Å². The van der Waals surface area contributed by atoms with Crippen molar-refractivity contribution in [3.8, 4) is 0 Å². The molecule has 0 aromatic heterocycles. The third kappa shape index (κ3) is 4.46. The predicted molar refractivity (Wildman–Crippen MR) is 76.0 cm³/mol. The van der Waals surface area contributed by atoms with E-state index in [1.807, 2.05) is 18.7 Å². The summed E-state index contributed by atoms with van der Waals surface area (Å²) in [5, 5.41) is 3.69. The Morgan fingerprint density at radius 1 is 1.21 bits per heavy atom. The average Bonchev–Trinajstić information content (AvgIpc) is 2.46. The number of carbonyl (C=O) groups excluding carboxylic acids is 1. The van der Waals surface area contributed by atoms with Gasteiger partial charge in [0, 0.05) is 38.3 Å². The number of carbonyl (C=O) groups is 1. The lowest BCUT2D eigenvalue weighted by Gasteiger charge is -2.34. The highest BCUT2D eigenvalue weighted by atomic mass is 16.5. The Morgan fingerprint density at radius 2 is 1.84 bits per heavy atom. The first-order chi connectivity index (χ1) is 9.16. The highest BCUT2D eigenvalue weighted by molar-refractivity contribution is 5.78. The number of likely N-dealkylation sites (tertiary alicyclic amines) is 1. The largest absolute Gasteiger partial charge is 0.381 e. The highest BCUT2D eigenvalue weighted by Crippen LogP contribution is 2.16. The predicted octanol–water partition coefficient (Wildman–Crippen LogP) is 1.65. The molecule has 4 heteroatoms. The minimum absolute atomic E-state index is 0.131. The topological polar surface area (TPSA) is 41.6 Å². The summed E-state index contributed by atoms with van der Waals surface area (Å²) >= 11 is 0. The van der Waals surface area contributed by atoms with Gasteiger partial charge in [-0.05, 0) is 38.1 Å². The number of ether oxygens (including phenoxy) is 1. The van der Waals surface area contributed by atoms with Crippen LogP contribution in [0.15, 0.2) is 0 Å². The maximum Gasteiger partial charge on any atom is 0.225 e. The van der Waals surface area contributed by atoms with Gasteiger partial charge >= 0.3 is 0 Å². The second-order valence-electron chi connectivity index (χ2n) is 6.22. The van der Waals surface area contributed by atoms with E-state index < -0.39 is 0 Å². The SMILES string of the molecule is CC(C)C(=O)N1CCC(NCC2CCOCC2)CC1. The Bertz CT molecular complexity index is 280. The van der Waals surface area contributed by atoms with Gasteiger partial charge in [-0.2, -0.15) is 0 Å². The summed E-state index contributed by atoms with van der Waals surface area (Å²) in [6.45, 7) is 8.77. The zero-order valence-electron chi connectivity index (χ0n) is 12.4. The summed E-state index contributed by atoms with van der Waals surface area (Å²) in [4.78, 5) is 13.9. The van der Waals surface area contributed by atoms with E-state index in [0.717, 1.165) is 51.6 Å². The van der Waals surface area contributed by atoms with Crippen molar-refractivity contribution in [1.29, 1.82) is 0 Å². The van der Waals surface area contributed by atoms with Crippen LogP contribution in [0.3, 0.4) is 0 Å². The van der Waals surface area contributed by atoms with Crippen LogP contribution in [-0.2, 0) is 9.53 Å². The van der Waals surface area contributed by atoms with Crippen LogP contribution in [0.4, 0.5) is 0 Å². The maximum atomic E-state index is 11.9. The van der Waals surface area contributed by atoms with Crippen molar-refractivity contribution in [2.75, 3.05) is 32.8 Å².